The van der Waals surface area contributed by atoms with E-state index in [0.29, 0.717) is 6.61 Å². The maximum atomic E-state index is 11.2. The Hall–Kier alpha value is -1.26. The lowest BCUT2D eigenvalue weighted by Gasteiger charge is -2.10. The molecule has 1 atom stereocenters. The third kappa shape index (κ3) is 2.28. The monoisotopic (exact) mass is 243 g/mol. The molecule has 0 bridgehead atoms. The highest BCUT2D eigenvalue weighted by atomic mass is 35.5. The van der Waals surface area contributed by atoms with E-state index in [2.05, 4.69) is 4.74 Å². The van der Waals surface area contributed by atoms with Crippen molar-refractivity contribution >= 4 is 18.4 Å². The predicted octanol–water partition coefficient (Wildman–Crippen LogP) is 1.22. The first-order valence-corrected chi connectivity index (χ1v) is 4.81. The van der Waals surface area contributed by atoms with Crippen molar-refractivity contribution in [2.24, 2.45) is 5.73 Å². The minimum Gasteiger partial charge on any atom is -0.493 e. The number of fused-ring (bicyclic) bond motifs is 1. The van der Waals surface area contributed by atoms with Crippen LogP contribution in [0.3, 0.4) is 0 Å². The Bertz CT molecular complexity index is 395. The molecule has 0 aliphatic carbocycles. The largest absolute Gasteiger partial charge is 0.493 e. The van der Waals surface area contributed by atoms with Gasteiger partial charge in [-0.25, -0.2) is 0 Å². The van der Waals surface area contributed by atoms with Crippen molar-refractivity contribution in [2.45, 2.75) is 12.5 Å². The molecule has 4 nitrogen and oxygen atoms in total. The fraction of sp³-hybridized carbons (Fsp3) is 0.364. The van der Waals surface area contributed by atoms with Gasteiger partial charge in [0.1, 0.15) is 11.8 Å². The lowest BCUT2D eigenvalue weighted by atomic mass is 10.0. The quantitative estimate of drug-likeness (QED) is 0.794. The molecule has 0 unspecified atom stereocenters. The summed E-state index contributed by atoms with van der Waals surface area (Å²) in [5.74, 6) is 0.463. The van der Waals surface area contributed by atoms with Crippen molar-refractivity contribution < 1.29 is 14.3 Å². The zero-order chi connectivity index (χ0) is 10.8. The molecule has 0 amide bonds. The summed E-state index contributed by atoms with van der Waals surface area (Å²) in [5.41, 5.74) is 7.60. The molecule has 1 aliphatic heterocycles. The fourth-order valence-corrected chi connectivity index (χ4v) is 1.66. The molecule has 0 spiro atoms. The second-order valence-electron chi connectivity index (χ2n) is 3.47. The van der Waals surface area contributed by atoms with E-state index in [0.717, 1.165) is 23.3 Å². The number of hydrogen-bond donors (Lipinski definition) is 1. The lowest BCUT2D eigenvalue weighted by Crippen LogP contribution is -2.22. The maximum Gasteiger partial charge on any atom is 0.327 e. The van der Waals surface area contributed by atoms with E-state index in [-0.39, 0.29) is 12.4 Å². The molecule has 0 saturated carbocycles. The molecule has 0 radical (unpaired) electrons. The maximum absolute atomic E-state index is 11.2. The normalized spacial score (nSPS) is 14.4. The number of benzene rings is 1. The lowest BCUT2D eigenvalue weighted by molar-refractivity contribution is -0.142. The highest BCUT2D eigenvalue weighted by molar-refractivity contribution is 5.85. The van der Waals surface area contributed by atoms with Crippen LogP contribution in [-0.4, -0.2) is 19.7 Å². The van der Waals surface area contributed by atoms with Crippen LogP contribution in [0, 0.1) is 0 Å². The van der Waals surface area contributed by atoms with Crippen LogP contribution >= 0.6 is 12.4 Å². The highest BCUT2D eigenvalue weighted by Crippen LogP contribution is 2.27. The first kappa shape index (κ1) is 12.8. The average molecular weight is 244 g/mol. The number of methoxy groups -OCH3 is 1. The molecule has 88 valence electrons. The van der Waals surface area contributed by atoms with E-state index in [1.54, 1.807) is 6.07 Å². The first-order chi connectivity index (χ1) is 7.22. The van der Waals surface area contributed by atoms with Gasteiger partial charge in [0.15, 0.2) is 0 Å². The van der Waals surface area contributed by atoms with Crippen LogP contribution in [0.4, 0.5) is 0 Å². The summed E-state index contributed by atoms with van der Waals surface area (Å²) in [4.78, 5) is 11.2. The number of carbonyl (C=O) groups is 1. The molecule has 1 aliphatic rings. The van der Waals surface area contributed by atoms with Crippen molar-refractivity contribution in [3.05, 3.63) is 29.3 Å². The third-order valence-corrected chi connectivity index (χ3v) is 2.53. The predicted molar refractivity (Wildman–Crippen MR) is 61.8 cm³/mol. The van der Waals surface area contributed by atoms with Gasteiger partial charge in [-0.15, -0.1) is 12.4 Å². The standard InChI is InChI=1S/C11H13NO3.ClH/c1-14-11(13)10(12)8-2-3-9-7(6-8)4-5-15-9;/h2-3,6,10H,4-5,12H2,1H3;1H/t10-;/m0./s1. The van der Waals surface area contributed by atoms with Crippen molar-refractivity contribution in [1.82, 2.24) is 0 Å². The van der Waals surface area contributed by atoms with Crippen molar-refractivity contribution in [3.8, 4) is 5.75 Å². The van der Waals surface area contributed by atoms with Gasteiger partial charge in [0.25, 0.3) is 0 Å². The zero-order valence-corrected chi connectivity index (χ0v) is 9.75. The first-order valence-electron chi connectivity index (χ1n) is 4.81. The summed E-state index contributed by atoms with van der Waals surface area (Å²) in [7, 11) is 1.33. The summed E-state index contributed by atoms with van der Waals surface area (Å²) in [6.07, 6.45) is 0.872. The molecule has 16 heavy (non-hydrogen) atoms. The SMILES string of the molecule is COC(=O)[C@@H](N)c1ccc2c(c1)CCO2.Cl. The smallest absolute Gasteiger partial charge is 0.327 e. The minimum atomic E-state index is -0.708. The molecule has 1 heterocycles. The molecule has 0 aromatic heterocycles. The number of ether oxygens (including phenoxy) is 2. The van der Waals surface area contributed by atoms with Crippen LogP contribution < -0.4 is 10.5 Å². The van der Waals surface area contributed by atoms with Crippen molar-refractivity contribution in [2.75, 3.05) is 13.7 Å². The molecule has 2 N–H and O–H groups in total. The Balaban J connectivity index is 0.00000128. The van der Waals surface area contributed by atoms with E-state index >= 15 is 0 Å². The Morgan fingerprint density at radius 3 is 3.00 bits per heavy atom. The molecule has 1 aromatic carbocycles. The van der Waals surface area contributed by atoms with E-state index in [1.165, 1.54) is 7.11 Å². The van der Waals surface area contributed by atoms with Gasteiger partial charge in [0.2, 0.25) is 0 Å². The van der Waals surface area contributed by atoms with Gasteiger partial charge in [-0.3, -0.25) is 4.79 Å². The molecule has 1 aromatic rings. The number of hydrogen-bond acceptors (Lipinski definition) is 4. The number of rotatable bonds is 2. The Labute approximate surface area is 100 Å². The second-order valence-corrected chi connectivity index (χ2v) is 3.47. The summed E-state index contributed by atoms with van der Waals surface area (Å²) in [6, 6.07) is 4.84. The van der Waals surface area contributed by atoms with Crippen molar-refractivity contribution in [3.63, 3.8) is 0 Å². The van der Waals surface area contributed by atoms with Crippen LogP contribution in [0.15, 0.2) is 18.2 Å². The fourth-order valence-electron chi connectivity index (χ4n) is 1.66. The van der Waals surface area contributed by atoms with Gasteiger partial charge in [0.05, 0.1) is 13.7 Å². The number of carbonyl (C=O) groups excluding carboxylic acids is 1. The number of halogens is 1. The molecule has 2 rings (SSSR count). The van der Waals surface area contributed by atoms with E-state index in [9.17, 15) is 4.79 Å². The summed E-state index contributed by atoms with van der Waals surface area (Å²) in [6.45, 7) is 0.701. The minimum absolute atomic E-state index is 0. The van der Waals surface area contributed by atoms with Crippen LogP contribution in [-0.2, 0) is 16.0 Å². The van der Waals surface area contributed by atoms with Gasteiger partial charge < -0.3 is 15.2 Å². The number of nitrogens with two attached hydrogens (primary N) is 1. The van der Waals surface area contributed by atoms with Crippen LogP contribution in [0.1, 0.15) is 17.2 Å². The van der Waals surface area contributed by atoms with Gasteiger partial charge in [-0.1, -0.05) is 6.07 Å². The Morgan fingerprint density at radius 2 is 2.31 bits per heavy atom. The Kier molecular flexibility index (Phi) is 4.15. The van der Waals surface area contributed by atoms with Gasteiger partial charge in [-0.2, -0.15) is 0 Å². The molecular weight excluding hydrogens is 230 g/mol. The van der Waals surface area contributed by atoms with Crippen LogP contribution in [0.25, 0.3) is 0 Å². The Morgan fingerprint density at radius 1 is 1.56 bits per heavy atom. The molecule has 0 saturated heterocycles. The molecule has 5 heteroatoms. The summed E-state index contributed by atoms with van der Waals surface area (Å²) >= 11 is 0. The average Bonchev–Trinajstić information content (AvgIpc) is 2.73. The van der Waals surface area contributed by atoms with E-state index < -0.39 is 12.0 Å². The van der Waals surface area contributed by atoms with Crippen molar-refractivity contribution in [1.29, 1.82) is 0 Å². The van der Waals surface area contributed by atoms with Crippen LogP contribution in [0.5, 0.6) is 5.75 Å². The summed E-state index contributed by atoms with van der Waals surface area (Å²) in [5, 5.41) is 0. The third-order valence-electron chi connectivity index (χ3n) is 2.53. The highest BCUT2D eigenvalue weighted by Gasteiger charge is 2.19. The van der Waals surface area contributed by atoms with Crippen LogP contribution in [0.2, 0.25) is 0 Å². The topological polar surface area (TPSA) is 61.5 Å². The van der Waals surface area contributed by atoms with E-state index in [4.69, 9.17) is 10.5 Å². The second kappa shape index (κ2) is 5.18. The zero-order valence-electron chi connectivity index (χ0n) is 8.93. The molecular formula is C11H14ClNO3. The van der Waals surface area contributed by atoms with Gasteiger partial charge in [0, 0.05) is 6.42 Å². The number of esters is 1. The van der Waals surface area contributed by atoms with E-state index in [1.807, 2.05) is 12.1 Å². The summed E-state index contributed by atoms with van der Waals surface area (Å²) < 4.78 is 9.95. The van der Waals surface area contributed by atoms with Gasteiger partial charge >= 0.3 is 5.97 Å². The van der Waals surface area contributed by atoms with Gasteiger partial charge in [-0.05, 0) is 23.3 Å². The molecule has 0 fully saturated rings.